The Morgan fingerprint density at radius 1 is 1.00 bits per heavy atom. The molecule has 0 radical (unpaired) electrons. The lowest BCUT2D eigenvalue weighted by Crippen LogP contribution is -2.30. The van der Waals surface area contributed by atoms with Crippen molar-refractivity contribution >= 4 is 28.6 Å². The fraction of sp³-hybridized carbons (Fsp3) is 0.192. The van der Waals surface area contributed by atoms with E-state index in [-0.39, 0.29) is 0 Å². The zero-order valence-electron chi connectivity index (χ0n) is 19.0. The second-order valence-electron chi connectivity index (χ2n) is 7.77. The highest BCUT2D eigenvalue weighted by Crippen LogP contribution is 2.26. The van der Waals surface area contributed by atoms with Crippen molar-refractivity contribution in [3.8, 4) is 11.4 Å². The van der Waals surface area contributed by atoms with Crippen molar-refractivity contribution < 1.29 is 19.1 Å². The molecule has 0 aliphatic heterocycles. The van der Waals surface area contributed by atoms with Gasteiger partial charge in [-0.2, -0.15) is 0 Å². The van der Waals surface area contributed by atoms with Crippen LogP contribution < -0.4 is 10.1 Å². The highest BCUT2D eigenvalue weighted by molar-refractivity contribution is 5.99. The van der Waals surface area contributed by atoms with Gasteiger partial charge in [-0.05, 0) is 68.8 Å². The van der Waals surface area contributed by atoms with E-state index in [0.29, 0.717) is 22.5 Å². The Labute approximate surface area is 192 Å². The number of ether oxygens (including phenoxy) is 2. The first-order chi connectivity index (χ1) is 15.9. The number of nitrogens with one attached hydrogen (secondary N) is 1. The topological polar surface area (TPSA) is 82.4 Å². The molecule has 7 heteroatoms. The van der Waals surface area contributed by atoms with E-state index in [2.05, 4.69) is 10.3 Å². The number of imidazole rings is 1. The summed E-state index contributed by atoms with van der Waals surface area (Å²) in [4.78, 5) is 29.9. The Hall–Kier alpha value is -4.13. The Balaban J connectivity index is 1.51. The number of rotatable bonds is 6. The lowest BCUT2D eigenvalue weighted by Gasteiger charge is -2.15. The van der Waals surface area contributed by atoms with Crippen LogP contribution in [0.3, 0.4) is 0 Å². The van der Waals surface area contributed by atoms with Gasteiger partial charge in [0.05, 0.1) is 29.4 Å². The molecular weight excluding hydrogens is 418 g/mol. The first-order valence-electron chi connectivity index (χ1n) is 10.6. The van der Waals surface area contributed by atoms with Crippen molar-refractivity contribution in [3.63, 3.8) is 0 Å². The third-order valence-electron chi connectivity index (χ3n) is 5.34. The maximum absolute atomic E-state index is 12.7. The van der Waals surface area contributed by atoms with Gasteiger partial charge in [0.25, 0.3) is 5.91 Å². The number of aryl methyl sites for hydroxylation is 2. The summed E-state index contributed by atoms with van der Waals surface area (Å²) in [5.41, 5.74) is 4.36. The fourth-order valence-electron chi connectivity index (χ4n) is 3.67. The quantitative estimate of drug-likeness (QED) is 0.432. The van der Waals surface area contributed by atoms with Crippen molar-refractivity contribution in [2.45, 2.75) is 26.9 Å². The molecule has 0 bridgehead atoms. The van der Waals surface area contributed by atoms with E-state index in [1.165, 1.54) is 14.0 Å². The number of amides is 1. The number of fused-ring (bicyclic) bond motifs is 1. The normalized spacial score (nSPS) is 11.8. The van der Waals surface area contributed by atoms with E-state index in [1.807, 2.05) is 60.9 Å². The van der Waals surface area contributed by atoms with Crippen LogP contribution in [0.4, 0.5) is 5.69 Å². The molecule has 7 nitrogen and oxygen atoms in total. The molecule has 1 amide bonds. The van der Waals surface area contributed by atoms with Crippen LogP contribution in [-0.2, 0) is 9.53 Å². The second-order valence-corrected chi connectivity index (χ2v) is 7.77. The predicted octanol–water partition coefficient (Wildman–Crippen LogP) is 4.83. The number of esters is 1. The standard InChI is InChI=1S/C26H25N3O4/c1-16-10-13-24(32-4)22(14-16)28-25(30)17(2)33-26(31)19-11-12-23-21(15-19)27-18(3)29(23)20-8-6-5-7-9-20/h5-15,17H,1-4H3,(H,28,30)/t17-/m0/s1. The maximum atomic E-state index is 12.7. The maximum Gasteiger partial charge on any atom is 0.338 e. The molecule has 0 unspecified atom stereocenters. The summed E-state index contributed by atoms with van der Waals surface area (Å²) >= 11 is 0. The summed E-state index contributed by atoms with van der Waals surface area (Å²) in [7, 11) is 1.53. The van der Waals surface area contributed by atoms with Crippen LogP contribution in [0.15, 0.2) is 66.7 Å². The van der Waals surface area contributed by atoms with Crippen molar-refractivity contribution in [1.82, 2.24) is 9.55 Å². The molecule has 1 heterocycles. The van der Waals surface area contributed by atoms with Gasteiger partial charge < -0.3 is 14.8 Å². The summed E-state index contributed by atoms with van der Waals surface area (Å²) in [5.74, 6) is 0.295. The lowest BCUT2D eigenvalue weighted by molar-refractivity contribution is -0.123. The van der Waals surface area contributed by atoms with E-state index >= 15 is 0 Å². The van der Waals surface area contributed by atoms with Crippen molar-refractivity contribution in [2.75, 3.05) is 12.4 Å². The monoisotopic (exact) mass is 443 g/mol. The summed E-state index contributed by atoms with van der Waals surface area (Å²) in [6.45, 7) is 5.36. The third-order valence-corrected chi connectivity index (χ3v) is 5.34. The van der Waals surface area contributed by atoms with E-state index in [4.69, 9.17) is 9.47 Å². The summed E-state index contributed by atoms with van der Waals surface area (Å²) in [6.07, 6.45) is -0.998. The van der Waals surface area contributed by atoms with Gasteiger partial charge in [-0.3, -0.25) is 9.36 Å². The molecule has 0 aliphatic rings. The number of carbonyl (C=O) groups is 2. The first-order valence-corrected chi connectivity index (χ1v) is 10.6. The Bertz CT molecular complexity index is 1330. The van der Waals surface area contributed by atoms with Crippen LogP contribution in [0.5, 0.6) is 5.75 Å². The number of para-hydroxylation sites is 1. The fourth-order valence-corrected chi connectivity index (χ4v) is 3.67. The number of carbonyl (C=O) groups excluding carboxylic acids is 2. The zero-order valence-corrected chi connectivity index (χ0v) is 19.0. The number of hydrogen-bond acceptors (Lipinski definition) is 5. The van der Waals surface area contributed by atoms with Gasteiger partial charge in [0.2, 0.25) is 0 Å². The van der Waals surface area contributed by atoms with Gasteiger partial charge in [0.15, 0.2) is 6.10 Å². The van der Waals surface area contributed by atoms with E-state index in [9.17, 15) is 9.59 Å². The van der Waals surface area contributed by atoms with Crippen molar-refractivity contribution in [3.05, 3.63) is 83.7 Å². The van der Waals surface area contributed by atoms with E-state index in [0.717, 1.165) is 22.6 Å². The molecule has 1 atom stereocenters. The van der Waals surface area contributed by atoms with Crippen LogP contribution in [0.2, 0.25) is 0 Å². The molecule has 1 N–H and O–H groups in total. The molecule has 4 rings (SSSR count). The Kier molecular flexibility index (Phi) is 6.13. The molecule has 0 saturated heterocycles. The zero-order chi connectivity index (χ0) is 23.5. The molecule has 168 valence electrons. The molecule has 33 heavy (non-hydrogen) atoms. The van der Waals surface area contributed by atoms with E-state index < -0.39 is 18.0 Å². The summed E-state index contributed by atoms with van der Waals surface area (Å²) < 4.78 is 12.7. The highest BCUT2D eigenvalue weighted by atomic mass is 16.5. The van der Waals surface area contributed by atoms with Gasteiger partial charge >= 0.3 is 5.97 Å². The minimum absolute atomic E-state index is 0.327. The van der Waals surface area contributed by atoms with Crippen LogP contribution in [0, 0.1) is 13.8 Å². The van der Waals surface area contributed by atoms with Crippen LogP contribution in [0.1, 0.15) is 28.7 Å². The van der Waals surface area contributed by atoms with Gasteiger partial charge in [0.1, 0.15) is 11.6 Å². The third kappa shape index (κ3) is 4.57. The van der Waals surface area contributed by atoms with E-state index in [1.54, 1.807) is 24.3 Å². The number of methoxy groups -OCH3 is 1. The molecule has 4 aromatic rings. The minimum atomic E-state index is -0.998. The van der Waals surface area contributed by atoms with Crippen LogP contribution in [-0.4, -0.2) is 34.6 Å². The van der Waals surface area contributed by atoms with Crippen molar-refractivity contribution in [1.29, 1.82) is 0 Å². The Morgan fingerprint density at radius 2 is 1.76 bits per heavy atom. The number of benzene rings is 3. The molecule has 0 saturated carbocycles. The summed E-state index contributed by atoms with van der Waals surface area (Å²) in [6, 6.07) is 20.5. The number of anilines is 1. The van der Waals surface area contributed by atoms with Gasteiger partial charge in [-0.15, -0.1) is 0 Å². The molecule has 0 aliphatic carbocycles. The summed E-state index contributed by atoms with van der Waals surface area (Å²) in [5, 5.41) is 2.76. The molecule has 0 fully saturated rings. The number of nitrogens with zero attached hydrogens (tertiary/aromatic N) is 2. The average Bonchev–Trinajstić information content (AvgIpc) is 3.14. The SMILES string of the molecule is COc1ccc(C)cc1NC(=O)[C@H](C)OC(=O)c1ccc2c(c1)nc(C)n2-c1ccccc1. The molecular formula is C26H25N3O4. The smallest absolute Gasteiger partial charge is 0.338 e. The average molecular weight is 444 g/mol. The largest absolute Gasteiger partial charge is 0.495 e. The van der Waals surface area contributed by atoms with Crippen molar-refractivity contribution in [2.24, 2.45) is 0 Å². The molecule has 3 aromatic carbocycles. The Morgan fingerprint density at radius 3 is 2.48 bits per heavy atom. The second kappa shape index (κ2) is 9.16. The van der Waals surface area contributed by atoms with Crippen LogP contribution in [0.25, 0.3) is 16.7 Å². The van der Waals surface area contributed by atoms with Crippen LogP contribution >= 0.6 is 0 Å². The molecule has 1 aromatic heterocycles. The lowest BCUT2D eigenvalue weighted by atomic mass is 10.2. The predicted molar refractivity (Wildman–Crippen MR) is 127 cm³/mol. The number of aromatic nitrogens is 2. The molecule has 0 spiro atoms. The minimum Gasteiger partial charge on any atom is -0.495 e. The highest BCUT2D eigenvalue weighted by Gasteiger charge is 2.21. The van der Waals surface area contributed by atoms with Gasteiger partial charge in [-0.1, -0.05) is 24.3 Å². The number of hydrogen-bond donors (Lipinski definition) is 1. The van der Waals surface area contributed by atoms with Gasteiger partial charge in [-0.25, -0.2) is 9.78 Å². The van der Waals surface area contributed by atoms with Gasteiger partial charge in [0, 0.05) is 5.69 Å². The first kappa shape index (κ1) is 22.1.